The van der Waals surface area contributed by atoms with Crippen molar-refractivity contribution in [1.29, 1.82) is 0 Å². The number of benzene rings is 1. The Morgan fingerprint density at radius 2 is 2.00 bits per heavy atom. The highest BCUT2D eigenvalue weighted by Gasteiger charge is 2.11. The van der Waals surface area contributed by atoms with Crippen molar-refractivity contribution in [2.24, 2.45) is 0 Å². The maximum Gasteiger partial charge on any atom is 0.328 e. The summed E-state index contributed by atoms with van der Waals surface area (Å²) in [6.45, 7) is 6.19. The van der Waals surface area contributed by atoms with Gasteiger partial charge in [0.05, 0.1) is 0 Å². The number of aromatic nitrogens is 1. The number of carboxylic acid groups (broad SMARTS) is 1. The first-order chi connectivity index (χ1) is 9.54. The zero-order valence-electron chi connectivity index (χ0n) is 12.1. The van der Waals surface area contributed by atoms with E-state index in [9.17, 15) is 4.79 Å². The van der Waals surface area contributed by atoms with E-state index < -0.39 is 5.97 Å². The number of para-hydroxylation sites is 1. The van der Waals surface area contributed by atoms with E-state index in [1.807, 2.05) is 32.0 Å². The first-order valence-electron chi connectivity index (χ1n) is 6.72. The van der Waals surface area contributed by atoms with E-state index in [0.29, 0.717) is 0 Å². The van der Waals surface area contributed by atoms with E-state index in [1.54, 1.807) is 6.08 Å². The van der Waals surface area contributed by atoms with Gasteiger partial charge in [-0.05, 0) is 49.6 Å². The molecule has 0 atom stereocenters. The second kappa shape index (κ2) is 5.78. The first kappa shape index (κ1) is 14.1. The minimum absolute atomic E-state index is 0.927. The van der Waals surface area contributed by atoms with Crippen molar-refractivity contribution in [2.75, 3.05) is 0 Å². The molecule has 0 aliphatic carbocycles. The fraction of sp³-hybridized carbons (Fsp3) is 0.235. The summed E-state index contributed by atoms with van der Waals surface area (Å²) in [4.78, 5) is 10.7. The molecule has 0 saturated carbocycles. The summed E-state index contributed by atoms with van der Waals surface area (Å²) in [5, 5.41) is 8.75. The first-order valence-corrected chi connectivity index (χ1v) is 6.72. The lowest BCUT2D eigenvalue weighted by atomic mass is 10.1. The summed E-state index contributed by atoms with van der Waals surface area (Å²) < 4.78 is 2.18. The van der Waals surface area contributed by atoms with Gasteiger partial charge < -0.3 is 9.67 Å². The Hall–Kier alpha value is -2.29. The molecule has 1 N–H and O–H groups in total. The van der Waals surface area contributed by atoms with Gasteiger partial charge in [0, 0.05) is 23.2 Å². The number of carboxylic acids is 1. The van der Waals surface area contributed by atoms with Crippen LogP contribution in [0.15, 0.2) is 36.4 Å². The molecule has 0 bridgehead atoms. The monoisotopic (exact) mass is 269 g/mol. The van der Waals surface area contributed by atoms with Crippen molar-refractivity contribution in [3.8, 4) is 5.69 Å². The standard InChI is InChI=1S/C17H19NO2/c1-4-14-7-5-6-8-16(14)18-12(2)11-15(13(18)3)9-10-17(19)20/h5-11H,4H2,1-3H3,(H,19,20). The molecule has 1 aromatic heterocycles. The van der Waals surface area contributed by atoms with Crippen LogP contribution in [0.4, 0.5) is 0 Å². The molecule has 1 heterocycles. The molecular formula is C17H19NO2. The molecule has 0 spiro atoms. The van der Waals surface area contributed by atoms with Crippen molar-refractivity contribution in [1.82, 2.24) is 4.57 Å². The Balaban J connectivity index is 2.55. The van der Waals surface area contributed by atoms with Gasteiger partial charge in [-0.2, -0.15) is 0 Å². The predicted molar refractivity (Wildman–Crippen MR) is 81.3 cm³/mol. The van der Waals surface area contributed by atoms with Gasteiger partial charge in [0.25, 0.3) is 0 Å². The molecule has 0 fully saturated rings. The summed E-state index contributed by atoms with van der Waals surface area (Å²) in [5.74, 6) is -0.927. The van der Waals surface area contributed by atoms with Crippen molar-refractivity contribution in [3.05, 3.63) is 58.9 Å². The summed E-state index contributed by atoms with van der Waals surface area (Å²) in [7, 11) is 0. The number of hydrogen-bond donors (Lipinski definition) is 1. The zero-order chi connectivity index (χ0) is 14.7. The lowest BCUT2D eigenvalue weighted by molar-refractivity contribution is -0.131. The van der Waals surface area contributed by atoms with Gasteiger partial charge >= 0.3 is 5.97 Å². The molecule has 0 amide bonds. The fourth-order valence-electron chi connectivity index (χ4n) is 2.52. The highest BCUT2D eigenvalue weighted by molar-refractivity contribution is 5.85. The maximum absolute atomic E-state index is 10.7. The number of rotatable bonds is 4. The van der Waals surface area contributed by atoms with Crippen molar-refractivity contribution in [3.63, 3.8) is 0 Å². The predicted octanol–water partition coefficient (Wildman–Crippen LogP) is 3.75. The second-order valence-corrected chi connectivity index (χ2v) is 4.82. The van der Waals surface area contributed by atoms with Gasteiger partial charge in [-0.3, -0.25) is 0 Å². The second-order valence-electron chi connectivity index (χ2n) is 4.82. The van der Waals surface area contributed by atoms with Crippen LogP contribution in [-0.4, -0.2) is 15.6 Å². The van der Waals surface area contributed by atoms with Gasteiger partial charge in [0.1, 0.15) is 0 Å². The normalized spacial score (nSPS) is 11.2. The molecule has 0 unspecified atom stereocenters. The van der Waals surface area contributed by atoms with Gasteiger partial charge in [-0.25, -0.2) is 4.79 Å². The highest BCUT2D eigenvalue weighted by atomic mass is 16.4. The molecule has 3 nitrogen and oxygen atoms in total. The van der Waals surface area contributed by atoms with Crippen molar-refractivity contribution in [2.45, 2.75) is 27.2 Å². The quantitative estimate of drug-likeness (QED) is 0.859. The zero-order valence-corrected chi connectivity index (χ0v) is 12.1. The average Bonchev–Trinajstić information content (AvgIpc) is 2.71. The van der Waals surface area contributed by atoms with E-state index in [1.165, 1.54) is 17.3 Å². The van der Waals surface area contributed by atoms with Crippen LogP contribution in [0.2, 0.25) is 0 Å². The summed E-state index contributed by atoms with van der Waals surface area (Å²) in [6, 6.07) is 10.3. The van der Waals surface area contributed by atoms with E-state index in [4.69, 9.17) is 5.11 Å². The summed E-state index contributed by atoms with van der Waals surface area (Å²) in [6.07, 6.45) is 3.79. The molecule has 1 aromatic carbocycles. The third kappa shape index (κ3) is 2.67. The number of aryl methyl sites for hydroxylation is 2. The minimum Gasteiger partial charge on any atom is -0.478 e. The number of carbonyl (C=O) groups is 1. The smallest absolute Gasteiger partial charge is 0.328 e. The fourth-order valence-corrected chi connectivity index (χ4v) is 2.52. The van der Waals surface area contributed by atoms with Gasteiger partial charge in [0.2, 0.25) is 0 Å². The molecule has 2 rings (SSSR count). The van der Waals surface area contributed by atoms with Crippen LogP contribution in [0.25, 0.3) is 11.8 Å². The highest BCUT2D eigenvalue weighted by Crippen LogP contribution is 2.24. The molecule has 3 heteroatoms. The Morgan fingerprint density at radius 3 is 2.65 bits per heavy atom. The molecule has 0 aliphatic heterocycles. The third-order valence-electron chi connectivity index (χ3n) is 3.49. The summed E-state index contributed by atoms with van der Waals surface area (Å²) >= 11 is 0. The van der Waals surface area contributed by atoms with E-state index in [-0.39, 0.29) is 0 Å². The van der Waals surface area contributed by atoms with Crippen LogP contribution in [0, 0.1) is 13.8 Å². The lowest BCUT2D eigenvalue weighted by Gasteiger charge is -2.13. The van der Waals surface area contributed by atoms with Crippen LogP contribution in [0.3, 0.4) is 0 Å². The third-order valence-corrected chi connectivity index (χ3v) is 3.49. The Labute approximate surface area is 119 Å². The van der Waals surface area contributed by atoms with Crippen molar-refractivity contribution >= 4 is 12.0 Å². The van der Waals surface area contributed by atoms with Crippen LogP contribution >= 0.6 is 0 Å². The molecule has 20 heavy (non-hydrogen) atoms. The van der Waals surface area contributed by atoms with Crippen LogP contribution in [0.1, 0.15) is 29.4 Å². The average molecular weight is 269 g/mol. The SMILES string of the molecule is CCc1ccccc1-n1c(C)cc(C=CC(=O)O)c1C. The van der Waals surface area contributed by atoms with Crippen molar-refractivity contribution < 1.29 is 9.90 Å². The topological polar surface area (TPSA) is 42.2 Å². The van der Waals surface area contributed by atoms with E-state index >= 15 is 0 Å². The van der Waals surface area contributed by atoms with E-state index in [0.717, 1.165) is 23.4 Å². The number of hydrogen-bond acceptors (Lipinski definition) is 1. The van der Waals surface area contributed by atoms with Crippen LogP contribution in [0.5, 0.6) is 0 Å². The van der Waals surface area contributed by atoms with Gasteiger partial charge in [-0.1, -0.05) is 25.1 Å². The molecule has 0 radical (unpaired) electrons. The Bertz CT molecular complexity index is 666. The number of nitrogens with zero attached hydrogens (tertiary/aromatic N) is 1. The molecule has 2 aromatic rings. The van der Waals surface area contributed by atoms with Crippen LogP contribution in [-0.2, 0) is 11.2 Å². The molecule has 104 valence electrons. The maximum atomic E-state index is 10.7. The molecular weight excluding hydrogens is 250 g/mol. The van der Waals surface area contributed by atoms with Gasteiger partial charge in [-0.15, -0.1) is 0 Å². The van der Waals surface area contributed by atoms with Crippen LogP contribution < -0.4 is 0 Å². The molecule has 0 saturated heterocycles. The van der Waals surface area contributed by atoms with Gasteiger partial charge in [0.15, 0.2) is 0 Å². The lowest BCUT2D eigenvalue weighted by Crippen LogP contribution is -2.02. The Morgan fingerprint density at radius 1 is 1.30 bits per heavy atom. The summed E-state index contributed by atoms with van der Waals surface area (Å²) in [5.41, 5.74) is 5.55. The Kier molecular flexibility index (Phi) is 4.08. The minimum atomic E-state index is -0.927. The largest absolute Gasteiger partial charge is 0.478 e. The molecule has 0 aliphatic rings. The number of aliphatic carboxylic acids is 1. The van der Waals surface area contributed by atoms with E-state index in [2.05, 4.69) is 23.6 Å².